The maximum atomic E-state index is 12.9. The number of nitrogens with one attached hydrogen (secondary N) is 1. The van der Waals surface area contributed by atoms with Gasteiger partial charge in [0.2, 0.25) is 0 Å². The molecule has 0 radical (unpaired) electrons. The second kappa shape index (κ2) is 12.5. The molecule has 1 aliphatic heterocycles. The van der Waals surface area contributed by atoms with Crippen LogP contribution in [0, 0.1) is 11.3 Å². The summed E-state index contributed by atoms with van der Waals surface area (Å²) in [4.78, 5) is 27.0. The summed E-state index contributed by atoms with van der Waals surface area (Å²) in [6.07, 6.45) is 1.80. The molecule has 2 aromatic rings. The molecule has 2 aromatic carbocycles. The van der Waals surface area contributed by atoms with Crippen LogP contribution in [0.3, 0.4) is 0 Å². The lowest BCUT2D eigenvalue weighted by Gasteiger charge is -2.33. The van der Waals surface area contributed by atoms with Gasteiger partial charge in [0.05, 0.1) is 18.2 Å². The van der Waals surface area contributed by atoms with Gasteiger partial charge in [-0.25, -0.2) is 9.59 Å². The van der Waals surface area contributed by atoms with E-state index in [2.05, 4.69) is 18.3 Å². The number of nitriles is 1. The minimum absolute atomic E-state index is 0.0498. The first-order valence-electron chi connectivity index (χ1n) is 12.8. The molecule has 1 saturated heterocycles. The number of likely N-dealkylation sites (tertiary alicyclic amines) is 1. The van der Waals surface area contributed by atoms with Crippen LogP contribution in [0.2, 0.25) is 0 Å². The van der Waals surface area contributed by atoms with Crippen LogP contribution in [-0.4, -0.2) is 48.4 Å². The predicted molar refractivity (Wildman–Crippen MR) is 141 cm³/mol. The zero-order valence-corrected chi connectivity index (χ0v) is 22.4. The number of hydrogen-bond donors (Lipinski definition) is 1. The number of benzene rings is 2. The third-order valence-corrected chi connectivity index (χ3v) is 5.97. The van der Waals surface area contributed by atoms with Crippen molar-refractivity contribution < 1.29 is 23.8 Å². The lowest BCUT2D eigenvalue weighted by atomic mass is 10.0. The first-order chi connectivity index (χ1) is 17.6. The number of aryl methyl sites for hydroxylation is 1. The maximum absolute atomic E-state index is 12.9. The van der Waals surface area contributed by atoms with Gasteiger partial charge >= 0.3 is 12.1 Å². The molecule has 0 spiro atoms. The number of rotatable bonds is 8. The fraction of sp³-hybridized carbons (Fsp3) is 0.483. The van der Waals surface area contributed by atoms with E-state index >= 15 is 0 Å². The molecule has 1 atom stereocenters. The summed E-state index contributed by atoms with van der Waals surface area (Å²) in [5.74, 6) is 0.290. The van der Waals surface area contributed by atoms with E-state index in [1.165, 1.54) is 0 Å². The molecule has 8 nitrogen and oxygen atoms in total. The van der Waals surface area contributed by atoms with Crippen molar-refractivity contribution >= 4 is 17.7 Å². The van der Waals surface area contributed by atoms with Crippen molar-refractivity contribution in [2.75, 3.05) is 25.0 Å². The van der Waals surface area contributed by atoms with Gasteiger partial charge in [0.15, 0.2) is 6.04 Å². The molecule has 1 fully saturated rings. The molecule has 3 rings (SSSR count). The van der Waals surface area contributed by atoms with E-state index in [1.807, 2.05) is 39.0 Å². The van der Waals surface area contributed by atoms with Gasteiger partial charge in [0.1, 0.15) is 17.5 Å². The Kier molecular flexibility index (Phi) is 9.40. The third-order valence-electron chi connectivity index (χ3n) is 5.97. The van der Waals surface area contributed by atoms with Crippen LogP contribution >= 0.6 is 0 Å². The lowest BCUT2D eigenvalue weighted by molar-refractivity contribution is -0.144. The molecule has 0 saturated carbocycles. The van der Waals surface area contributed by atoms with Crippen molar-refractivity contribution in [1.29, 1.82) is 5.26 Å². The molecule has 1 unspecified atom stereocenters. The molecular weight excluding hydrogens is 470 g/mol. The Balaban J connectivity index is 1.76. The first-order valence-corrected chi connectivity index (χ1v) is 12.8. The van der Waals surface area contributed by atoms with Crippen LogP contribution < -0.4 is 10.1 Å². The molecule has 37 heavy (non-hydrogen) atoms. The van der Waals surface area contributed by atoms with Gasteiger partial charge in [-0.3, -0.25) is 0 Å². The van der Waals surface area contributed by atoms with Crippen molar-refractivity contribution in [2.45, 2.75) is 71.6 Å². The minimum Gasteiger partial charge on any atom is -0.490 e. The lowest BCUT2D eigenvalue weighted by Crippen LogP contribution is -2.44. The fourth-order valence-corrected chi connectivity index (χ4v) is 4.11. The highest BCUT2D eigenvalue weighted by atomic mass is 16.6. The summed E-state index contributed by atoms with van der Waals surface area (Å²) >= 11 is 0. The summed E-state index contributed by atoms with van der Waals surface area (Å²) in [6.45, 7) is 10.8. The van der Waals surface area contributed by atoms with Crippen LogP contribution in [-0.2, 0) is 20.7 Å². The van der Waals surface area contributed by atoms with E-state index in [-0.39, 0.29) is 18.8 Å². The quantitative estimate of drug-likeness (QED) is 0.463. The van der Waals surface area contributed by atoms with Gasteiger partial charge in [-0.15, -0.1) is 0 Å². The topological polar surface area (TPSA) is 101 Å². The highest BCUT2D eigenvalue weighted by Gasteiger charge is 2.28. The van der Waals surface area contributed by atoms with Crippen molar-refractivity contribution in [1.82, 2.24) is 4.90 Å². The maximum Gasteiger partial charge on any atom is 0.410 e. The van der Waals surface area contributed by atoms with E-state index in [0.29, 0.717) is 42.9 Å². The van der Waals surface area contributed by atoms with E-state index in [9.17, 15) is 9.59 Å². The number of amides is 1. The summed E-state index contributed by atoms with van der Waals surface area (Å²) < 4.78 is 17.2. The highest BCUT2D eigenvalue weighted by molar-refractivity contribution is 5.81. The fourth-order valence-electron chi connectivity index (χ4n) is 4.11. The zero-order chi connectivity index (χ0) is 27.0. The average Bonchev–Trinajstić information content (AvgIpc) is 2.87. The molecule has 1 amide bonds. The SMILES string of the molecule is CCOC(=O)C(Nc1ccc(C#N)cc1)c1cc(CC)cc(OC2CCN(C(=O)OC(C)(C)C)CC2)c1. The number of carbonyl (C=O) groups excluding carboxylic acids is 2. The molecular formula is C29H37N3O5. The van der Waals surface area contributed by atoms with Gasteiger partial charge in [0, 0.05) is 31.6 Å². The second-order valence-electron chi connectivity index (χ2n) is 10.1. The Morgan fingerprint density at radius 3 is 2.35 bits per heavy atom. The minimum atomic E-state index is -0.740. The standard InChI is InChI=1S/C29H37N3O5/c1-6-20-16-22(26(27(33)35-7-2)31-23-10-8-21(19-30)9-11-23)18-25(17-20)36-24-12-14-32(15-13-24)28(34)37-29(3,4)5/h8-11,16-18,24,26,31H,6-7,12-15H2,1-5H3. The van der Waals surface area contributed by atoms with Crippen LogP contribution in [0.15, 0.2) is 42.5 Å². The van der Waals surface area contributed by atoms with E-state index in [1.54, 1.807) is 36.1 Å². The van der Waals surface area contributed by atoms with E-state index in [4.69, 9.17) is 19.5 Å². The summed E-state index contributed by atoms with van der Waals surface area (Å²) in [5, 5.41) is 12.3. The normalized spacial score (nSPS) is 14.9. The number of ether oxygens (including phenoxy) is 3. The molecule has 1 N–H and O–H groups in total. The number of esters is 1. The Labute approximate surface area is 219 Å². The first kappa shape index (κ1) is 27.9. The molecule has 1 aliphatic rings. The number of anilines is 1. The van der Waals surface area contributed by atoms with Gasteiger partial charge in [0.25, 0.3) is 0 Å². The number of nitrogens with zero attached hydrogens (tertiary/aromatic N) is 2. The van der Waals surface area contributed by atoms with Crippen LogP contribution in [0.5, 0.6) is 5.75 Å². The van der Waals surface area contributed by atoms with Crippen molar-refractivity contribution in [3.8, 4) is 11.8 Å². The van der Waals surface area contributed by atoms with Crippen molar-refractivity contribution in [2.24, 2.45) is 0 Å². The van der Waals surface area contributed by atoms with Gasteiger partial charge in [-0.05, 0) is 81.6 Å². The Morgan fingerprint density at radius 2 is 1.78 bits per heavy atom. The summed E-state index contributed by atoms with van der Waals surface area (Å²) in [7, 11) is 0. The largest absolute Gasteiger partial charge is 0.490 e. The van der Waals surface area contributed by atoms with Crippen LogP contribution in [0.4, 0.5) is 10.5 Å². The molecule has 198 valence electrons. The average molecular weight is 508 g/mol. The number of hydrogen-bond acceptors (Lipinski definition) is 7. The van der Waals surface area contributed by atoms with Gasteiger partial charge in [-0.2, -0.15) is 5.26 Å². The Bertz CT molecular complexity index is 1110. The van der Waals surface area contributed by atoms with E-state index < -0.39 is 17.6 Å². The van der Waals surface area contributed by atoms with Gasteiger partial charge < -0.3 is 24.4 Å². The second-order valence-corrected chi connectivity index (χ2v) is 10.1. The molecule has 8 heteroatoms. The Morgan fingerprint density at radius 1 is 1.11 bits per heavy atom. The smallest absolute Gasteiger partial charge is 0.410 e. The molecule has 0 aromatic heterocycles. The number of carbonyl (C=O) groups is 2. The van der Waals surface area contributed by atoms with Gasteiger partial charge in [-0.1, -0.05) is 13.0 Å². The number of piperidine rings is 1. The molecule has 0 bridgehead atoms. The molecule has 1 heterocycles. The summed E-state index contributed by atoms with van der Waals surface area (Å²) in [5.41, 5.74) is 2.50. The third kappa shape index (κ3) is 8.14. The van der Waals surface area contributed by atoms with Crippen LogP contribution in [0.1, 0.15) is 70.2 Å². The monoisotopic (exact) mass is 507 g/mol. The zero-order valence-electron chi connectivity index (χ0n) is 22.4. The van der Waals surface area contributed by atoms with E-state index in [0.717, 1.165) is 17.5 Å². The van der Waals surface area contributed by atoms with Crippen molar-refractivity contribution in [3.05, 3.63) is 59.2 Å². The Hall–Kier alpha value is -3.73. The predicted octanol–water partition coefficient (Wildman–Crippen LogP) is 5.62. The molecule has 0 aliphatic carbocycles. The van der Waals surface area contributed by atoms with Crippen LogP contribution in [0.25, 0.3) is 0 Å². The summed E-state index contributed by atoms with van der Waals surface area (Å²) in [6, 6.07) is 14.1. The van der Waals surface area contributed by atoms with Crippen molar-refractivity contribution in [3.63, 3.8) is 0 Å². The highest BCUT2D eigenvalue weighted by Crippen LogP contribution is 2.29.